The molecule has 3 aromatic rings. The summed E-state index contributed by atoms with van der Waals surface area (Å²) < 4.78 is 5.55. The Balaban J connectivity index is 1.33. The summed E-state index contributed by atoms with van der Waals surface area (Å²) in [6.45, 7) is 3.89. The first-order valence-corrected chi connectivity index (χ1v) is 11.9. The average Bonchev–Trinajstić information content (AvgIpc) is 3.39. The number of hydrogen-bond acceptors (Lipinski definition) is 7. The van der Waals surface area contributed by atoms with Crippen LogP contribution in [0.5, 0.6) is 0 Å². The molecule has 1 amide bonds. The van der Waals surface area contributed by atoms with Crippen molar-refractivity contribution < 1.29 is 9.53 Å². The lowest BCUT2D eigenvalue weighted by Crippen LogP contribution is -2.47. The van der Waals surface area contributed by atoms with Crippen LogP contribution in [0.1, 0.15) is 19.3 Å². The molecule has 2 fully saturated rings. The van der Waals surface area contributed by atoms with E-state index in [2.05, 4.69) is 37.8 Å². The molecule has 0 bridgehead atoms. The van der Waals surface area contributed by atoms with Crippen LogP contribution in [0.15, 0.2) is 66.9 Å². The molecule has 2 N–H and O–H groups in total. The minimum atomic E-state index is 0.0421. The van der Waals surface area contributed by atoms with Crippen molar-refractivity contribution >= 4 is 23.2 Å². The first-order valence-electron chi connectivity index (χ1n) is 11.9. The highest BCUT2D eigenvalue weighted by molar-refractivity contribution is 5.91. The molecule has 0 radical (unpaired) electrons. The largest absolute Gasteiger partial charge is 0.379 e. The molecule has 5 rings (SSSR count). The van der Waals surface area contributed by atoms with E-state index in [1.54, 1.807) is 6.20 Å². The number of hydrogen-bond donors (Lipinski definition) is 2. The van der Waals surface area contributed by atoms with Crippen molar-refractivity contribution in [1.82, 2.24) is 20.3 Å². The summed E-state index contributed by atoms with van der Waals surface area (Å²) in [6.07, 6.45) is 4.50. The van der Waals surface area contributed by atoms with Crippen LogP contribution in [0.2, 0.25) is 0 Å². The van der Waals surface area contributed by atoms with Crippen molar-refractivity contribution in [3.63, 3.8) is 0 Å². The molecule has 8 heteroatoms. The van der Waals surface area contributed by atoms with Gasteiger partial charge in [-0.1, -0.05) is 30.3 Å². The van der Waals surface area contributed by atoms with Gasteiger partial charge in [0.1, 0.15) is 0 Å². The predicted octanol–water partition coefficient (Wildman–Crippen LogP) is 3.61. The second-order valence-corrected chi connectivity index (χ2v) is 8.58. The number of aromatic nitrogens is 2. The van der Waals surface area contributed by atoms with Crippen molar-refractivity contribution in [2.75, 3.05) is 43.2 Å². The maximum Gasteiger partial charge on any atom is 0.245 e. The van der Waals surface area contributed by atoms with Gasteiger partial charge in [0.2, 0.25) is 11.9 Å². The zero-order chi connectivity index (χ0) is 23.2. The molecular formula is C26H30N6O2. The second-order valence-electron chi connectivity index (χ2n) is 8.58. The van der Waals surface area contributed by atoms with Gasteiger partial charge in [-0.3, -0.25) is 4.79 Å². The van der Waals surface area contributed by atoms with Crippen LogP contribution in [0.3, 0.4) is 0 Å². The molecule has 34 heavy (non-hydrogen) atoms. The van der Waals surface area contributed by atoms with Gasteiger partial charge in [0.25, 0.3) is 0 Å². The molecule has 1 atom stereocenters. The Morgan fingerprint density at radius 2 is 1.88 bits per heavy atom. The molecule has 176 valence electrons. The number of hydrazine groups is 1. The van der Waals surface area contributed by atoms with Crippen LogP contribution >= 0.6 is 0 Å². The molecule has 0 spiro atoms. The highest BCUT2D eigenvalue weighted by Gasteiger charge is 2.23. The van der Waals surface area contributed by atoms with E-state index in [-0.39, 0.29) is 11.9 Å². The third-order valence-electron chi connectivity index (χ3n) is 6.16. The second kappa shape index (κ2) is 10.7. The number of rotatable bonds is 7. The fourth-order valence-corrected chi connectivity index (χ4v) is 4.43. The Bertz CT molecular complexity index is 1080. The summed E-state index contributed by atoms with van der Waals surface area (Å²) in [5, 5.41) is 10.7. The molecule has 2 aliphatic heterocycles. The number of para-hydroxylation sites is 1. The number of amides is 1. The molecule has 1 unspecified atom stereocenters. The SMILES string of the molecule is O=C(CC1CCCN1)Nc1ccc(-c2ccnc(N(c3ccccc3)N3CCOCC3)n2)cc1. The lowest BCUT2D eigenvalue weighted by atomic mass is 10.1. The fourth-order valence-electron chi connectivity index (χ4n) is 4.43. The number of ether oxygens (including phenoxy) is 1. The number of carbonyl (C=O) groups excluding carboxylic acids is 1. The van der Waals surface area contributed by atoms with E-state index in [1.807, 2.05) is 48.5 Å². The highest BCUT2D eigenvalue weighted by atomic mass is 16.5. The van der Waals surface area contributed by atoms with Gasteiger partial charge in [0.15, 0.2) is 0 Å². The third kappa shape index (κ3) is 5.41. The zero-order valence-corrected chi connectivity index (χ0v) is 19.2. The monoisotopic (exact) mass is 458 g/mol. The first kappa shape index (κ1) is 22.5. The number of carbonyl (C=O) groups is 1. The fraction of sp³-hybridized carbons (Fsp3) is 0.346. The number of anilines is 3. The molecule has 2 saturated heterocycles. The maximum atomic E-state index is 12.3. The Hall–Kier alpha value is -3.33. The van der Waals surface area contributed by atoms with E-state index >= 15 is 0 Å². The zero-order valence-electron chi connectivity index (χ0n) is 19.2. The summed E-state index contributed by atoms with van der Waals surface area (Å²) in [4.78, 5) is 21.8. The standard InChI is InChI=1S/C26H30N6O2/c33-25(19-22-5-4-13-27-22)29-21-10-8-20(9-11-21)24-12-14-28-26(30-24)32(23-6-2-1-3-7-23)31-15-17-34-18-16-31/h1-3,6-12,14,22,27H,4-5,13,15-19H2,(H,29,33). The Labute approximate surface area is 199 Å². The van der Waals surface area contributed by atoms with Crippen molar-refractivity contribution in [3.8, 4) is 11.3 Å². The number of benzene rings is 2. The van der Waals surface area contributed by atoms with Crippen LogP contribution < -0.4 is 15.6 Å². The molecule has 1 aromatic heterocycles. The van der Waals surface area contributed by atoms with Gasteiger partial charge in [-0.05, 0) is 49.7 Å². The van der Waals surface area contributed by atoms with Gasteiger partial charge in [-0.15, -0.1) is 0 Å². The average molecular weight is 459 g/mol. The lowest BCUT2D eigenvalue weighted by molar-refractivity contribution is -0.116. The predicted molar refractivity (Wildman–Crippen MR) is 133 cm³/mol. The van der Waals surface area contributed by atoms with E-state index in [4.69, 9.17) is 9.72 Å². The lowest BCUT2D eigenvalue weighted by Gasteiger charge is -2.37. The van der Waals surface area contributed by atoms with E-state index in [0.29, 0.717) is 25.6 Å². The number of nitrogens with zero attached hydrogens (tertiary/aromatic N) is 4. The van der Waals surface area contributed by atoms with Crippen molar-refractivity contribution in [3.05, 3.63) is 66.9 Å². The van der Waals surface area contributed by atoms with Gasteiger partial charge >= 0.3 is 0 Å². The van der Waals surface area contributed by atoms with Crippen molar-refractivity contribution in [2.24, 2.45) is 0 Å². The number of morpholine rings is 1. The van der Waals surface area contributed by atoms with E-state index < -0.39 is 0 Å². The Morgan fingerprint density at radius 3 is 2.62 bits per heavy atom. The molecule has 2 aliphatic rings. The minimum Gasteiger partial charge on any atom is -0.379 e. The maximum absolute atomic E-state index is 12.3. The van der Waals surface area contributed by atoms with E-state index in [9.17, 15) is 4.79 Å². The summed E-state index contributed by atoms with van der Waals surface area (Å²) in [5.41, 5.74) is 3.60. The molecular weight excluding hydrogens is 428 g/mol. The summed E-state index contributed by atoms with van der Waals surface area (Å²) in [5.74, 6) is 0.660. The van der Waals surface area contributed by atoms with Crippen LogP contribution in [0.25, 0.3) is 11.3 Å². The van der Waals surface area contributed by atoms with Crippen LogP contribution in [0.4, 0.5) is 17.3 Å². The van der Waals surface area contributed by atoms with E-state index in [0.717, 1.165) is 55.1 Å². The van der Waals surface area contributed by atoms with Crippen molar-refractivity contribution in [1.29, 1.82) is 0 Å². The Morgan fingerprint density at radius 1 is 1.09 bits per heavy atom. The topological polar surface area (TPSA) is 82.6 Å². The Kier molecular flexibility index (Phi) is 7.09. The molecule has 0 aliphatic carbocycles. The normalized spacial score (nSPS) is 18.5. The van der Waals surface area contributed by atoms with Crippen LogP contribution in [0, 0.1) is 0 Å². The summed E-state index contributed by atoms with van der Waals surface area (Å²) in [6, 6.07) is 20.2. The third-order valence-corrected chi connectivity index (χ3v) is 6.16. The quantitative estimate of drug-likeness (QED) is 0.560. The summed E-state index contributed by atoms with van der Waals surface area (Å²) in [7, 11) is 0. The van der Waals surface area contributed by atoms with Crippen LogP contribution in [-0.4, -0.2) is 59.8 Å². The van der Waals surface area contributed by atoms with Gasteiger partial charge < -0.3 is 15.4 Å². The molecule has 8 nitrogen and oxygen atoms in total. The molecule has 2 aromatic carbocycles. The summed E-state index contributed by atoms with van der Waals surface area (Å²) >= 11 is 0. The van der Waals surface area contributed by atoms with Gasteiger partial charge in [0.05, 0.1) is 24.6 Å². The molecule has 0 saturated carbocycles. The molecule has 3 heterocycles. The van der Waals surface area contributed by atoms with E-state index in [1.165, 1.54) is 0 Å². The van der Waals surface area contributed by atoms with Crippen molar-refractivity contribution in [2.45, 2.75) is 25.3 Å². The van der Waals surface area contributed by atoms with Gasteiger partial charge in [-0.2, -0.15) is 0 Å². The smallest absolute Gasteiger partial charge is 0.245 e. The minimum absolute atomic E-state index is 0.0421. The number of nitrogens with one attached hydrogen (secondary N) is 2. The van der Waals surface area contributed by atoms with Crippen LogP contribution in [-0.2, 0) is 9.53 Å². The van der Waals surface area contributed by atoms with Gasteiger partial charge in [-0.25, -0.2) is 20.0 Å². The van der Waals surface area contributed by atoms with Gasteiger partial charge in [0, 0.05) is 43.0 Å². The first-order chi connectivity index (χ1) is 16.8. The highest BCUT2D eigenvalue weighted by Crippen LogP contribution is 2.27.